The second-order valence-corrected chi connectivity index (χ2v) is 6.51. The van der Waals surface area contributed by atoms with Crippen molar-refractivity contribution in [3.63, 3.8) is 0 Å². The quantitative estimate of drug-likeness (QED) is 0.718. The van der Waals surface area contributed by atoms with E-state index in [1.807, 2.05) is 0 Å². The predicted octanol–water partition coefficient (Wildman–Crippen LogP) is 0.326. The number of nitrogens with one attached hydrogen (secondary N) is 2. The summed E-state index contributed by atoms with van der Waals surface area (Å²) in [6, 6.07) is 3.83. The average Bonchev–Trinajstić information content (AvgIpc) is 2.27. The maximum absolute atomic E-state index is 11.5. The molecule has 8 nitrogen and oxygen atoms in total. The summed E-state index contributed by atoms with van der Waals surface area (Å²) in [4.78, 5) is 33.6. The lowest BCUT2D eigenvalue weighted by atomic mass is 10.1. The highest BCUT2D eigenvalue weighted by molar-refractivity contribution is 7.91. The third-order valence-electron chi connectivity index (χ3n) is 2.24. The van der Waals surface area contributed by atoms with Gasteiger partial charge in [0.15, 0.2) is 9.84 Å². The number of hydrogen-bond acceptors (Lipinski definition) is 5. The molecule has 0 aliphatic rings. The molecule has 0 saturated heterocycles. The fraction of sp³-hybridized carbons (Fsp3) is 0.250. The van der Waals surface area contributed by atoms with Crippen molar-refractivity contribution < 1.29 is 27.9 Å². The van der Waals surface area contributed by atoms with Gasteiger partial charge in [-0.3, -0.25) is 9.59 Å². The van der Waals surface area contributed by atoms with Gasteiger partial charge in [0.05, 0.1) is 11.3 Å². The number of hydrogen-bond donors (Lipinski definition) is 3. The van der Waals surface area contributed by atoms with Crippen LogP contribution in [-0.4, -0.2) is 43.3 Å². The van der Waals surface area contributed by atoms with E-state index in [0.717, 1.165) is 6.26 Å². The number of carboxylic acid groups (broad SMARTS) is 1. The van der Waals surface area contributed by atoms with Crippen LogP contribution in [0, 0.1) is 0 Å². The molecule has 0 aromatic heterocycles. The van der Waals surface area contributed by atoms with Gasteiger partial charge in [-0.2, -0.15) is 0 Å². The maximum atomic E-state index is 11.5. The molecule has 0 heterocycles. The third kappa shape index (κ3) is 5.61. The topological polar surface area (TPSA) is 130 Å². The molecule has 114 valence electrons. The first-order valence-corrected chi connectivity index (χ1v) is 7.77. The standard InChI is InChI=1S/C12H14N2O6S/c1-7(15)13-8-3-4-10(9(5-8)12(17)18)14-11(16)6-21(2,19)20/h3-5H,6H2,1-2H3,(H,13,15)(H,14,16)(H,17,18). The summed E-state index contributed by atoms with van der Waals surface area (Å²) in [5, 5.41) is 13.7. The highest BCUT2D eigenvalue weighted by atomic mass is 32.2. The van der Waals surface area contributed by atoms with E-state index in [2.05, 4.69) is 10.6 Å². The molecule has 0 bridgehead atoms. The molecule has 1 aromatic rings. The highest BCUT2D eigenvalue weighted by Crippen LogP contribution is 2.21. The minimum atomic E-state index is -3.52. The Hall–Kier alpha value is -2.42. The van der Waals surface area contributed by atoms with E-state index in [9.17, 15) is 22.8 Å². The van der Waals surface area contributed by atoms with Gasteiger partial charge in [0, 0.05) is 18.9 Å². The van der Waals surface area contributed by atoms with Crippen LogP contribution in [0.1, 0.15) is 17.3 Å². The summed E-state index contributed by atoms with van der Waals surface area (Å²) in [6.45, 7) is 1.27. The summed E-state index contributed by atoms with van der Waals surface area (Å²) in [5.74, 6) is -3.29. The Labute approximate surface area is 121 Å². The zero-order chi connectivity index (χ0) is 16.2. The molecule has 0 radical (unpaired) electrons. The molecule has 0 aliphatic heterocycles. The number of benzene rings is 1. The second-order valence-electron chi connectivity index (χ2n) is 4.36. The first-order chi connectivity index (χ1) is 9.58. The fourth-order valence-corrected chi connectivity index (χ4v) is 2.08. The number of carbonyl (C=O) groups is 3. The molecule has 0 fully saturated rings. The van der Waals surface area contributed by atoms with E-state index in [0.29, 0.717) is 0 Å². The van der Waals surface area contributed by atoms with Gasteiger partial charge in [-0.05, 0) is 18.2 Å². The van der Waals surface area contributed by atoms with Crippen molar-refractivity contribution in [3.05, 3.63) is 23.8 Å². The largest absolute Gasteiger partial charge is 0.478 e. The zero-order valence-electron chi connectivity index (χ0n) is 11.3. The normalized spacial score (nSPS) is 10.8. The van der Waals surface area contributed by atoms with Gasteiger partial charge < -0.3 is 15.7 Å². The fourth-order valence-electron chi connectivity index (χ4n) is 1.54. The van der Waals surface area contributed by atoms with Gasteiger partial charge >= 0.3 is 5.97 Å². The van der Waals surface area contributed by atoms with E-state index in [1.54, 1.807) is 0 Å². The van der Waals surface area contributed by atoms with Crippen molar-refractivity contribution in [1.82, 2.24) is 0 Å². The van der Waals surface area contributed by atoms with Gasteiger partial charge in [-0.25, -0.2) is 13.2 Å². The average molecular weight is 314 g/mol. The molecule has 0 spiro atoms. The van der Waals surface area contributed by atoms with Crippen LogP contribution < -0.4 is 10.6 Å². The second kappa shape index (κ2) is 6.35. The van der Waals surface area contributed by atoms with Gasteiger partial charge in [0.2, 0.25) is 11.8 Å². The Balaban J connectivity index is 3.04. The Morgan fingerprint density at radius 3 is 2.29 bits per heavy atom. The lowest BCUT2D eigenvalue weighted by Crippen LogP contribution is -2.23. The lowest BCUT2D eigenvalue weighted by molar-refractivity contribution is -0.114. The monoisotopic (exact) mass is 314 g/mol. The Morgan fingerprint density at radius 1 is 1.19 bits per heavy atom. The van der Waals surface area contributed by atoms with Gasteiger partial charge in [-0.1, -0.05) is 0 Å². The number of carbonyl (C=O) groups excluding carboxylic acids is 2. The summed E-state index contributed by atoms with van der Waals surface area (Å²) in [5.41, 5.74) is -0.0608. The van der Waals surface area contributed by atoms with Crippen molar-refractivity contribution in [2.75, 3.05) is 22.6 Å². The molecule has 0 aliphatic carbocycles. The van der Waals surface area contributed by atoms with Gasteiger partial charge in [0.1, 0.15) is 5.75 Å². The van der Waals surface area contributed by atoms with Crippen LogP contribution in [0.3, 0.4) is 0 Å². The van der Waals surface area contributed by atoms with E-state index in [-0.39, 0.29) is 22.8 Å². The van der Waals surface area contributed by atoms with Crippen molar-refractivity contribution in [1.29, 1.82) is 0 Å². The molecule has 9 heteroatoms. The molecule has 1 aromatic carbocycles. The van der Waals surface area contributed by atoms with Crippen LogP contribution in [-0.2, 0) is 19.4 Å². The van der Waals surface area contributed by atoms with E-state index < -0.39 is 27.5 Å². The first-order valence-electron chi connectivity index (χ1n) is 5.71. The van der Waals surface area contributed by atoms with Gasteiger partial charge in [-0.15, -0.1) is 0 Å². The molecule has 0 unspecified atom stereocenters. The minimum Gasteiger partial charge on any atom is -0.478 e. The van der Waals surface area contributed by atoms with E-state index in [1.165, 1.54) is 25.1 Å². The Bertz CT molecular complexity index is 696. The van der Waals surface area contributed by atoms with Crippen LogP contribution in [0.2, 0.25) is 0 Å². The van der Waals surface area contributed by atoms with Crippen LogP contribution in [0.15, 0.2) is 18.2 Å². The Kier molecular flexibility index (Phi) is 5.03. The SMILES string of the molecule is CC(=O)Nc1ccc(NC(=O)CS(C)(=O)=O)c(C(=O)O)c1. The molecule has 0 saturated carbocycles. The number of carboxylic acids is 1. The summed E-state index contributed by atoms with van der Waals surface area (Å²) in [7, 11) is -3.52. The summed E-state index contributed by atoms with van der Waals surface area (Å²) >= 11 is 0. The smallest absolute Gasteiger partial charge is 0.337 e. The van der Waals surface area contributed by atoms with Crippen LogP contribution in [0.25, 0.3) is 0 Å². The highest BCUT2D eigenvalue weighted by Gasteiger charge is 2.16. The number of aromatic carboxylic acids is 1. The number of rotatable bonds is 5. The van der Waals surface area contributed by atoms with Crippen molar-refractivity contribution in [2.24, 2.45) is 0 Å². The summed E-state index contributed by atoms with van der Waals surface area (Å²) < 4.78 is 22.0. The summed E-state index contributed by atoms with van der Waals surface area (Å²) in [6.07, 6.45) is 0.893. The first kappa shape index (κ1) is 16.6. The predicted molar refractivity (Wildman–Crippen MR) is 76.0 cm³/mol. The van der Waals surface area contributed by atoms with Crippen molar-refractivity contribution >= 4 is 39.0 Å². The van der Waals surface area contributed by atoms with Crippen LogP contribution in [0.5, 0.6) is 0 Å². The minimum absolute atomic E-state index is 0.0507. The zero-order valence-corrected chi connectivity index (χ0v) is 12.2. The maximum Gasteiger partial charge on any atom is 0.337 e. The van der Waals surface area contributed by atoms with Gasteiger partial charge in [0.25, 0.3) is 0 Å². The van der Waals surface area contributed by atoms with E-state index >= 15 is 0 Å². The number of sulfone groups is 1. The van der Waals surface area contributed by atoms with Crippen LogP contribution in [0.4, 0.5) is 11.4 Å². The molecule has 21 heavy (non-hydrogen) atoms. The molecule has 1 rings (SSSR count). The lowest BCUT2D eigenvalue weighted by Gasteiger charge is -2.10. The molecule has 2 amide bonds. The molecule has 3 N–H and O–H groups in total. The number of amides is 2. The third-order valence-corrected chi connectivity index (χ3v) is 3.02. The molecular formula is C12H14N2O6S. The Morgan fingerprint density at radius 2 is 1.81 bits per heavy atom. The molecule has 0 atom stereocenters. The van der Waals surface area contributed by atoms with Crippen LogP contribution >= 0.6 is 0 Å². The molecular weight excluding hydrogens is 300 g/mol. The van der Waals surface area contributed by atoms with Crippen molar-refractivity contribution in [2.45, 2.75) is 6.92 Å². The van der Waals surface area contributed by atoms with Crippen molar-refractivity contribution in [3.8, 4) is 0 Å². The van der Waals surface area contributed by atoms with E-state index in [4.69, 9.17) is 5.11 Å². The number of anilines is 2.